The number of hydrogen-bond acceptors (Lipinski definition) is 5. The van der Waals surface area contributed by atoms with Crippen LogP contribution in [0.4, 0.5) is 0 Å². The summed E-state index contributed by atoms with van der Waals surface area (Å²) in [4.78, 5) is 30.0. The van der Waals surface area contributed by atoms with Crippen LogP contribution in [0.2, 0.25) is 0 Å². The van der Waals surface area contributed by atoms with E-state index in [0.29, 0.717) is 43.4 Å². The molecule has 2 aromatic rings. The Morgan fingerprint density at radius 1 is 0.966 bits per heavy atom. The fraction of sp³-hybridized carbons (Fsp3) is 0.364. The second-order valence-corrected chi connectivity index (χ2v) is 8.22. The first-order valence-corrected chi connectivity index (χ1v) is 10.7. The van der Waals surface area contributed by atoms with Gasteiger partial charge in [0.05, 0.1) is 5.75 Å². The van der Waals surface area contributed by atoms with Gasteiger partial charge in [-0.25, -0.2) is 0 Å². The molecule has 4 rings (SSSR count). The Kier molecular flexibility index (Phi) is 5.94. The van der Waals surface area contributed by atoms with Crippen LogP contribution in [0.1, 0.15) is 5.56 Å². The Bertz CT molecular complexity index is 879. The van der Waals surface area contributed by atoms with Crippen LogP contribution in [-0.2, 0) is 9.59 Å². The molecule has 1 saturated heterocycles. The maximum atomic E-state index is 12.8. The lowest BCUT2D eigenvalue weighted by Gasteiger charge is -2.37. The molecule has 1 fully saturated rings. The third kappa shape index (κ3) is 4.67. The van der Waals surface area contributed by atoms with E-state index in [9.17, 15) is 9.59 Å². The largest absolute Gasteiger partial charge is 0.485 e. The van der Waals surface area contributed by atoms with Crippen molar-refractivity contribution in [2.24, 2.45) is 0 Å². The second kappa shape index (κ2) is 8.78. The smallest absolute Gasteiger partial charge is 0.267 e. The first-order chi connectivity index (χ1) is 14.1. The molecule has 6 nitrogen and oxygen atoms in total. The molecular weight excluding hydrogens is 388 g/mol. The van der Waals surface area contributed by atoms with Crippen molar-refractivity contribution in [2.45, 2.75) is 17.9 Å². The molecule has 0 spiro atoms. The lowest BCUT2D eigenvalue weighted by molar-refractivity contribution is -0.145. The zero-order valence-corrected chi connectivity index (χ0v) is 17.2. The van der Waals surface area contributed by atoms with E-state index < -0.39 is 6.10 Å². The van der Waals surface area contributed by atoms with E-state index in [2.05, 4.69) is 0 Å². The average molecular weight is 413 g/mol. The van der Waals surface area contributed by atoms with Gasteiger partial charge in [0, 0.05) is 31.1 Å². The molecule has 2 aliphatic rings. The number of ether oxygens (including phenoxy) is 2. The van der Waals surface area contributed by atoms with Crippen LogP contribution in [0.5, 0.6) is 11.5 Å². The fourth-order valence-electron chi connectivity index (χ4n) is 3.39. The number of piperazine rings is 1. The molecule has 0 N–H and O–H groups in total. The van der Waals surface area contributed by atoms with Crippen molar-refractivity contribution in [3.05, 3.63) is 54.1 Å². The molecular formula is C22H24N2O4S. The van der Waals surface area contributed by atoms with Crippen molar-refractivity contribution in [2.75, 3.05) is 38.5 Å². The summed E-state index contributed by atoms with van der Waals surface area (Å²) in [6, 6.07) is 15.5. The number of benzene rings is 2. The molecule has 0 aliphatic carbocycles. The van der Waals surface area contributed by atoms with Crippen molar-refractivity contribution >= 4 is 23.6 Å². The zero-order chi connectivity index (χ0) is 20.2. The third-order valence-corrected chi connectivity index (χ3v) is 6.11. The Morgan fingerprint density at radius 2 is 1.62 bits per heavy atom. The van der Waals surface area contributed by atoms with Gasteiger partial charge in [0.1, 0.15) is 6.61 Å². The number of amides is 2. The van der Waals surface area contributed by atoms with Crippen LogP contribution >= 0.6 is 11.8 Å². The van der Waals surface area contributed by atoms with E-state index in [1.807, 2.05) is 54.3 Å². The highest BCUT2D eigenvalue weighted by atomic mass is 32.2. The summed E-state index contributed by atoms with van der Waals surface area (Å²) in [7, 11) is 0. The first kappa shape index (κ1) is 19.6. The SMILES string of the molecule is Cc1ccc(SCC(=O)N2CCN(C(=O)C3COc4ccccc4O3)CC2)cc1. The topological polar surface area (TPSA) is 59.1 Å². The highest BCUT2D eigenvalue weighted by Gasteiger charge is 2.33. The Hall–Kier alpha value is -2.67. The van der Waals surface area contributed by atoms with Gasteiger partial charge < -0.3 is 19.3 Å². The molecule has 1 atom stereocenters. The minimum absolute atomic E-state index is 0.0827. The van der Waals surface area contributed by atoms with Crippen molar-refractivity contribution in [1.82, 2.24) is 9.80 Å². The van der Waals surface area contributed by atoms with Gasteiger partial charge in [-0.3, -0.25) is 9.59 Å². The number of thioether (sulfide) groups is 1. The van der Waals surface area contributed by atoms with Gasteiger partial charge in [-0.05, 0) is 31.2 Å². The predicted octanol–water partition coefficient (Wildman–Crippen LogP) is 2.60. The number of aryl methyl sites for hydroxylation is 1. The van der Waals surface area contributed by atoms with Gasteiger partial charge in [0.25, 0.3) is 5.91 Å². The average Bonchev–Trinajstić information content (AvgIpc) is 2.78. The van der Waals surface area contributed by atoms with Gasteiger partial charge >= 0.3 is 0 Å². The fourth-order valence-corrected chi connectivity index (χ4v) is 4.19. The van der Waals surface area contributed by atoms with Crippen LogP contribution in [0, 0.1) is 6.92 Å². The summed E-state index contributed by atoms with van der Waals surface area (Å²) in [6.07, 6.45) is -0.635. The van der Waals surface area contributed by atoms with Crippen molar-refractivity contribution in [3.8, 4) is 11.5 Å². The lowest BCUT2D eigenvalue weighted by atomic mass is 10.2. The van der Waals surface area contributed by atoms with Crippen molar-refractivity contribution < 1.29 is 19.1 Å². The normalized spacial score (nSPS) is 18.4. The number of para-hydroxylation sites is 2. The monoisotopic (exact) mass is 412 g/mol. The molecule has 2 heterocycles. The van der Waals surface area contributed by atoms with E-state index in [4.69, 9.17) is 9.47 Å². The molecule has 29 heavy (non-hydrogen) atoms. The Balaban J connectivity index is 1.25. The van der Waals surface area contributed by atoms with Crippen LogP contribution in [0.15, 0.2) is 53.4 Å². The van der Waals surface area contributed by atoms with E-state index in [1.165, 1.54) is 5.56 Å². The maximum Gasteiger partial charge on any atom is 0.267 e. The lowest BCUT2D eigenvalue weighted by Crippen LogP contribution is -2.55. The molecule has 2 amide bonds. The molecule has 0 saturated carbocycles. The van der Waals surface area contributed by atoms with E-state index in [0.717, 1.165) is 4.90 Å². The summed E-state index contributed by atoms with van der Waals surface area (Å²) in [5.74, 6) is 1.69. The van der Waals surface area contributed by atoms with Crippen LogP contribution in [-0.4, -0.2) is 66.3 Å². The summed E-state index contributed by atoms with van der Waals surface area (Å²) in [5.41, 5.74) is 1.21. The number of nitrogens with zero attached hydrogens (tertiary/aromatic N) is 2. The number of carbonyl (C=O) groups is 2. The molecule has 0 radical (unpaired) electrons. The Labute approximate surface area is 174 Å². The van der Waals surface area contributed by atoms with Gasteiger partial charge in [-0.2, -0.15) is 0 Å². The summed E-state index contributed by atoms with van der Waals surface area (Å²) in [5, 5.41) is 0. The summed E-state index contributed by atoms with van der Waals surface area (Å²) in [6.45, 7) is 4.38. The minimum Gasteiger partial charge on any atom is -0.485 e. The second-order valence-electron chi connectivity index (χ2n) is 7.17. The molecule has 152 valence electrons. The first-order valence-electron chi connectivity index (χ1n) is 9.74. The number of carbonyl (C=O) groups excluding carboxylic acids is 2. The van der Waals surface area contributed by atoms with E-state index >= 15 is 0 Å². The number of fused-ring (bicyclic) bond motifs is 1. The Morgan fingerprint density at radius 3 is 2.34 bits per heavy atom. The molecule has 0 bridgehead atoms. The van der Waals surface area contributed by atoms with Gasteiger partial charge in [-0.1, -0.05) is 29.8 Å². The zero-order valence-electron chi connectivity index (χ0n) is 16.4. The molecule has 0 aromatic heterocycles. The van der Waals surface area contributed by atoms with Gasteiger partial charge in [-0.15, -0.1) is 11.8 Å². The minimum atomic E-state index is -0.635. The van der Waals surface area contributed by atoms with Crippen LogP contribution in [0.3, 0.4) is 0 Å². The van der Waals surface area contributed by atoms with Crippen molar-refractivity contribution in [3.63, 3.8) is 0 Å². The summed E-state index contributed by atoms with van der Waals surface area (Å²) < 4.78 is 11.5. The van der Waals surface area contributed by atoms with Gasteiger partial charge in [0.15, 0.2) is 11.5 Å². The predicted molar refractivity (Wildman–Crippen MR) is 111 cm³/mol. The highest BCUT2D eigenvalue weighted by Crippen LogP contribution is 2.31. The molecule has 2 aliphatic heterocycles. The standard InChI is InChI=1S/C22H24N2O4S/c1-16-6-8-17(9-7-16)29-15-21(25)23-10-12-24(13-11-23)22(26)20-14-27-18-4-2-3-5-19(18)28-20/h2-9,20H,10-15H2,1H3. The third-order valence-electron chi connectivity index (χ3n) is 5.11. The van der Waals surface area contributed by atoms with Crippen LogP contribution in [0.25, 0.3) is 0 Å². The maximum absolute atomic E-state index is 12.8. The highest BCUT2D eigenvalue weighted by molar-refractivity contribution is 8.00. The van der Waals surface area contributed by atoms with E-state index in [1.54, 1.807) is 22.7 Å². The van der Waals surface area contributed by atoms with Crippen LogP contribution < -0.4 is 9.47 Å². The van der Waals surface area contributed by atoms with Crippen molar-refractivity contribution in [1.29, 1.82) is 0 Å². The van der Waals surface area contributed by atoms with Gasteiger partial charge in [0.2, 0.25) is 12.0 Å². The summed E-state index contributed by atoms with van der Waals surface area (Å²) >= 11 is 1.55. The molecule has 1 unspecified atom stereocenters. The molecule has 7 heteroatoms. The quantitative estimate of drug-likeness (QED) is 0.723. The van der Waals surface area contributed by atoms with E-state index in [-0.39, 0.29) is 18.4 Å². The molecule has 2 aromatic carbocycles. The number of rotatable bonds is 4. The number of hydrogen-bond donors (Lipinski definition) is 0.